The molecule has 0 N–H and O–H groups in total. The van der Waals surface area contributed by atoms with Crippen molar-refractivity contribution in [1.29, 1.82) is 0 Å². The molecule has 0 radical (unpaired) electrons. The number of fused-ring (bicyclic) bond motifs is 3. The van der Waals surface area contributed by atoms with Gasteiger partial charge in [-0.1, -0.05) is 184 Å². The second kappa shape index (κ2) is 14.2. The van der Waals surface area contributed by atoms with Crippen molar-refractivity contribution < 1.29 is 0 Å². The fourth-order valence-corrected chi connectivity index (χ4v) is 8.68. The van der Waals surface area contributed by atoms with Crippen LogP contribution in [0.1, 0.15) is 25.0 Å². The molecule has 0 amide bonds. The maximum absolute atomic E-state index is 5.29. The number of hydrogen-bond acceptors (Lipinski definition) is 1. The Morgan fingerprint density at radius 3 is 1.37 bits per heavy atom. The van der Waals surface area contributed by atoms with E-state index in [1.165, 1.54) is 61.2 Å². The summed E-state index contributed by atoms with van der Waals surface area (Å²) in [6.07, 6.45) is 0. The molecule has 0 spiro atoms. The molecule has 1 aliphatic carbocycles. The van der Waals surface area contributed by atoms with Crippen molar-refractivity contribution in [2.24, 2.45) is 0 Å². The molecule has 0 unspecified atom stereocenters. The van der Waals surface area contributed by atoms with E-state index in [9.17, 15) is 0 Å². The Hall–Kier alpha value is -7.09. The van der Waals surface area contributed by atoms with Gasteiger partial charge in [0.05, 0.1) is 11.4 Å². The van der Waals surface area contributed by atoms with Crippen LogP contribution in [0.15, 0.2) is 212 Å². The van der Waals surface area contributed by atoms with E-state index in [4.69, 9.17) is 4.98 Å². The van der Waals surface area contributed by atoms with Crippen LogP contribution in [0.4, 0.5) is 0 Å². The fourth-order valence-electron chi connectivity index (χ4n) is 8.68. The van der Waals surface area contributed by atoms with Gasteiger partial charge < -0.3 is 0 Å². The molecule has 9 aromatic rings. The molecule has 0 saturated carbocycles. The summed E-state index contributed by atoms with van der Waals surface area (Å²) < 4.78 is 0. The van der Waals surface area contributed by atoms with Gasteiger partial charge in [-0.3, -0.25) is 0 Å². The summed E-state index contributed by atoms with van der Waals surface area (Å²) in [5.74, 6) is 0. The SMILES string of the molecule is CC1(C)c2ccccc2-c2cc(-c3ccccc3)c(-c3cccc(-c4cccc(-c5cc(-c6cccc(-c7ccccc7)c6)cc(-c6ccccc6)n5)c4)c3)cc21. The zero-order valence-corrected chi connectivity index (χ0v) is 32.2. The van der Waals surface area contributed by atoms with Gasteiger partial charge in [-0.05, 0) is 120 Å². The molecule has 0 atom stereocenters. The van der Waals surface area contributed by atoms with Crippen LogP contribution in [0.5, 0.6) is 0 Å². The van der Waals surface area contributed by atoms with E-state index in [0.29, 0.717) is 0 Å². The highest BCUT2D eigenvalue weighted by molar-refractivity contribution is 5.93. The summed E-state index contributed by atoms with van der Waals surface area (Å²) in [5, 5.41) is 0. The molecule has 0 fully saturated rings. The number of rotatable bonds is 7. The Morgan fingerprint density at radius 1 is 0.263 bits per heavy atom. The summed E-state index contributed by atoms with van der Waals surface area (Å²) in [4.78, 5) is 5.29. The largest absolute Gasteiger partial charge is 0.248 e. The highest BCUT2D eigenvalue weighted by Crippen LogP contribution is 2.52. The van der Waals surface area contributed by atoms with E-state index < -0.39 is 0 Å². The minimum Gasteiger partial charge on any atom is -0.248 e. The predicted octanol–water partition coefficient (Wildman–Crippen LogP) is 15.1. The predicted molar refractivity (Wildman–Crippen MR) is 240 cm³/mol. The van der Waals surface area contributed by atoms with Crippen LogP contribution in [-0.2, 0) is 5.41 Å². The lowest BCUT2D eigenvalue weighted by atomic mass is 9.80. The van der Waals surface area contributed by atoms with E-state index in [1.807, 2.05) is 0 Å². The molecule has 270 valence electrons. The molecule has 8 aromatic carbocycles. The Kier molecular flexibility index (Phi) is 8.57. The van der Waals surface area contributed by atoms with Crippen LogP contribution < -0.4 is 0 Å². The summed E-state index contributed by atoms with van der Waals surface area (Å²) in [7, 11) is 0. The molecule has 0 bridgehead atoms. The normalized spacial score (nSPS) is 12.5. The van der Waals surface area contributed by atoms with E-state index in [-0.39, 0.29) is 5.41 Å². The summed E-state index contributed by atoms with van der Waals surface area (Å²) in [5.41, 5.74) is 21.4. The number of aromatic nitrogens is 1. The third-order valence-corrected chi connectivity index (χ3v) is 11.7. The zero-order valence-electron chi connectivity index (χ0n) is 32.2. The van der Waals surface area contributed by atoms with Crippen LogP contribution in [-0.4, -0.2) is 4.98 Å². The van der Waals surface area contributed by atoms with Crippen molar-refractivity contribution in [3.05, 3.63) is 223 Å². The Balaban J connectivity index is 1.08. The van der Waals surface area contributed by atoms with Gasteiger partial charge in [-0.25, -0.2) is 4.98 Å². The molecule has 1 nitrogen and oxygen atoms in total. The van der Waals surface area contributed by atoms with E-state index in [0.717, 1.165) is 39.2 Å². The minimum absolute atomic E-state index is 0.0924. The van der Waals surface area contributed by atoms with Crippen molar-refractivity contribution in [2.75, 3.05) is 0 Å². The quantitative estimate of drug-likeness (QED) is 0.159. The van der Waals surface area contributed by atoms with Crippen LogP contribution in [0, 0.1) is 0 Å². The second-order valence-electron chi connectivity index (χ2n) is 15.6. The highest BCUT2D eigenvalue weighted by Gasteiger charge is 2.36. The zero-order chi connectivity index (χ0) is 38.3. The van der Waals surface area contributed by atoms with Gasteiger partial charge in [0.1, 0.15) is 0 Å². The van der Waals surface area contributed by atoms with Gasteiger partial charge in [-0.15, -0.1) is 0 Å². The molecule has 1 heteroatoms. The average Bonchev–Trinajstić information content (AvgIpc) is 3.51. The lowest BCUT2D eigenvalue weighted by Gasteiger charge is -2.23. The van der Waals surface area contributed by atoms with Gasteiger partial charge in [0.25, 0.3) is 0 Å². The maximum atomic E-state index is 5.29. The third-order valence-electron chi connectivity index (χ3n) is 11.7. The van der Waals surface area contributed by atoms with Crippen molar-refractivity contribution in [1.82, 2.24) is 4.98 Å². The first kappa shape index (κ1) is 34.4. The van der Waals surface area contributed by atoms with E-state index >= 15 is 0 Å². The first-order valence-electron chi connectivity index (χ1n) is 19.8. The summed E-state index contributed by atoms with van der Waals surface area (Å²) in [6.45, 7) is 4.72. The maximum Gasteiger partial charge on any atom is 0.0715 e. The van der Waals surface area contributed by atoms with Crippen LogP contribution >= 0.6 is 0 Å². The highest BCUT2D eigenvalue weighted by atomic mass is 14.7. The smallest absolute Gasteiger partial charge is 0.0715 e. The molecule has 57 heavy (non-hydrogen) atoms. The first-order chi connectivity index (χ1) is 28.0. The molecular weight excluding hydrogens is 687 g/mol. The summed E-state index contributed by atoms with van der Waals surface area (Å²) in [6, 6.07) is 76.9. The second-order valence-corrected chi connectivity index (χ2v) is 15.6. The molecule has 1 aromatic heterocycles. The molecule has 0 aliphatic heterocycles. The lowest BCUT2D eigenvalue weighted by molar-refractivity contribution is 0.660. The first-order valence-corrected chi connectivity index (χ1v) is 19.8. The number of pyridine rings is 1. The number of benzene rings is 8. The van der Waals surface area contributed by atoms with Crippen LogP contribution in [0.3, 0.4) is 0 Å². The Labute approximate surface area is 335 Å². The van der Waals surface area contributed by atoms with Crippen molar-refractivity contribution in [3.63, 3.8) is 0 Å². The van der Waals surface area contributed by atoms with Crippen LogP contribution in [0.25, 0.3) is 89.3 Å². The monoisotopic (exact) mass is 727 g/mol. The molecule has 0 saturated heterocycles. The van der Waals surface area contributed by atoms with Crippen LogP contribution in [0.2, 0.25) is 0 Å². The van der Waals surface area contributed by atoms with Gasteiger partial charge in [0, 0.05) is 16.5 Å². The van der Waals surface area contributed by atoms with E-state index in [1.54, 1.807) is 0 Å². The Morgan fingerprint density at radius 2 is 0.702 bits per heavy atom. The summed E-state index contributed by atoms with van der Waals surface area (Å²) >= 11 is 0. The topological polar surface area (TPSA) is 12.9 Å². The van der Waals surface area contributed by atoms with Gasteiger partial charge in [-0.2, -0.15) is 0 Å². The van der Waals surface area contributed by atoms with E-state index in [2.05, 4.69) is 226 Å². The number of hydrogen-bond donors (Lipinski definition) is 0. The van der Waals surface area contributed by atoms with Crippen molar-refractivity contribution in [2.45, 2.75) is 19.3 Å². The van der Waals surface area contributed by atoms with Crippen molar-refractivity contribution in [3.8, 4) is 89.3 Å². The molecule has 1 heterocycles. The standard InChI is InChI=1S/C56H41N/c1-56(2)52-30-13-12-29-48(52)51-36-49(39-19-8-4-9-20-39)50(37-53(51)56)45-27-15-24-42(32-45)43-25-16-28-46(33-43)55-35-47(34-54(57-55)40-21-10-5-11-22-40)44-26-14-23-41(31-44)38-17-6-3-7-18-38/h3-37H,1-2H3. The third kappa shape index (κ3) is 6.38. The van der Waals surface area contributed by atoms with Gasteiger partial charge >= 0.3 is 0 Å². The minimum atomic E-state index is -0.0924. The van der Waals surface area contributed by atoms with Crippen molar-refractivity contribution >= 4 is 0 Å². The molecule has 10 rings (SSSR count). The fraction of sp³-hybridized carbons (Fsp3) is 0.0536. The molecule has 1 aliphatic rings. The average molecular weight is 728 g/mol. The Bertz CT molecular complexity index is 2900. The lowest BCUT2D eigenvalue weighted by Crippen LogP contribution is -2.15. The van der Waals surface area contributed by atoms with Gasteiger partial charge in [0.2, 0.25) is 0 Å². The molecular formula is C56H41N. The number of nitrogens with zero attached hydrogens (tertiary/aromatic N) is 1. The van der Waals surface area contributed by atoms with Gasteiger partial charge in [0.15, 0.2) is 0 Å².